The fraction of sp³-hybridized carbons (Fsp3) is 0.333. The summed E-state index contributed by atoms with van der Waals surface area (Å²) < 4.78 is 15.5. The predicted molar refractivity (Wildman–Crippen MR) is 65.9 cm³/mol. The largest absolute Gasteiger partial charge is 0.271 e. The van der Waals surface area contributed by atoms with Crippen molar-refractivity contribution in [1.82, 2.24) is 20.4 Å². The Labute approximate surface area is 105 Å². The van der Waals surface area contributed by atoms with E-state index in [0.29, 0.717) is 12.0 Å². The Morgan fingerprint density at radius 2 is 2.28 bits per heavy atom. The molecule has 5 nitrogen and oxygen atoms in total. The van der Waals surface area contributed by atoms with E-state index in [0.717, 1.165) is 11.3 Å². The summed E-state index contributed by atoms with van der Waals surface area (Å²) in [5, 5.41) is 7.81. The molecule has 0 saturated heterocycles. The van der Waals surface area contributed by atoms with E-state index >= 15 is 0 Å². The molecule has 1 unspecified atom stereocenters. The van der Waals surface area contributed by atoms with Gasteiger partial charge in [-0.25, -0.2) is 4.39 Å². The van der Waals surface area contributed by atoms with Crippen LogP contribution < -0.4 is 11.3 Å². The molecule has 0 amide bonds. The van der Waals surface area contributed by atoms with Crippen molar-refractivity contribution in [3.05, 3.63) is 47.0 Å². The molecule has 2 rings (SSSR count). The van der Waals surface area contributed by atoms with Gasteiger partial charge in [0, 0.05) is 25.2 Å². The van der Waals surface area contributed by atoms with Gasteiger partial charge in [-0.2, -0.15) is 0 Å². The minimum Gasteiger partial charge on any atom is -0.271 e. The minimum atomic E-state index is -0.317. The Hall–Kier alpha value is -1.79. The standard InChI is InChI=1S/C12H16FN5/c1-8-3-4-10(11(13)5-8)12(15-14)6-9-7-18(2)17-16-9/h3-5,7,12,15H,6,14H2,1-2H3. The molecule has 6 heteroatoms. The van der Waals surface area contributed by atoms with Gasteiger partial charge in [0.15, 0.2) is 0 Å². The molecule has 0 saturated carbocycles. The average molecular weight is 249 g/mol. The van der Waals surface area contributed by atoms with Crippen LogP contribution in [0.5, 0.6) is 0 Å². The third kappa shape index (κ3) is 2.72. The van der Waals surface area contributed by atoms with Crippen LogP contribution in [0.25, 0.3) is 0 Å². The second kappa shape index (κ2) is 5.24. The predicted octanol–water partition coefficient (Wildman–Crippen LogP) is 1.01. The summed E-state index contributed by atoms with van der Waals surface area (Å²) in [6.07, 6.45) is 2.28. The molecule has 1 aromatic carbocycles. The summed E-state index contributed by atoms with van der Waals surface area (Å²) in [6.45, 7) is 1.85. The number of hydrogen-bond donors (Lipinski definition) is 2. The van der Waals surface area contributed by atoms with Gasteiger partial charge in [-0.05, 0) is 18.6 Å². The number of benzene rings is 1. The lowest BCUT2D eigenvalue weighted by molar-refractivity contribution is 0.506. The molecule has 0 aliphatic rings. The molecule has 0 fully saturated rings. The fourth-order valence-corrected chi connectivity index (χ4v) is 1.87. The van der Waals surface area contributed by atoms with Crippen molar-refractivity contribution in [2.75, 3.05) is 0 Å². The van der Waals surface area contributed by atoms with Crippen molar-refractivity contribution in [1.29, 1.82) is 0 Å². The average Bonchev–Trinajstić information content (AvgIpc) is 2.72. The van der Waals surface area contributed by atoms with Gasteiger partial charge in [0.05, 0.1) is 11.7 Å². The number of nitrogens with two attached hydrogens (primary N) is 1. The third-order valence-corrected chi connectivity index (χ3v) is 2.80. The van der Waals surface area contributed by atoms with Gasteiger partial charge in [0.2, 0.25) is 0 Å². The lowest BCUT2D eigenvalue weighted by atomic mass is 10.0. The molecule has 0 bridgehead atoms. The Morgan fingerprint density at radius 3 is 2.83 bits per heavy atom. The number of nitrogens with one attached hydrogen (secondary N) is 1. The Kier molecular flexibility index (Phi) is 3.69. The number of aryl methyl sites for hydroxylation is 2. The van der Waals surface area contributed by atoms with E-state index in [9.17, 15) is 4.39 Å². The topological polar surface area (TPSA) is 68.8 Å². The Balaban J connectivity index is 2.22. The van der Waals surface area contributed by atoms with Crippen LogP contribution in [0.2, 0.25) is 0 Å². The first-order chi connectivity index (χ1) is 8.60. The van der Waals surface area contributed by atoms with Crippen LogP contribution in [0, 0.1) is 12.7 Å². The van der Waals surface area contributed by atoms with Crippen molar-refractivity contribution in [2.45, 2.75) is 19.4 Å². The normalized spacial score (nSPS) is 12.7. The maximum absolute atomic E-state index is 13.9. The van der Waals surface area contributed by atoms with Crippen LogP contribution in [0.1, 0.15) is 22.9 Å². The van der Waals surface area contributed by atoms with E-state index in [1.54, 1.807) is 24.0 Å². The molecule has 1 atom stereocenters. The van der Waals surface area contributed by atoms with Crippen LogP contribution in [-0.2, 0) is 13.5 Å². The van der Waals surface area contributed by atoms with E-state index < -0.39 is 0 Å². The molecule has 1 aromatic heterocycles. The highest BCUT2D eigenvalue weighted by atomic mass is 19.1. The van der Waals surface area contributed by atoms with E-state index in [1.807, 2.05) is 13.0 Å². The first-order valence-corrected chi connectivity index (χ1v) is 5.67. The van der Waals surface area contributed by atoms with Crippen LogP contribution in [0.4, 0.5) is 4.39 Å². The molecule has 96 valence electrons. The molecule has 2 aromatic rings. The quantitative estimate of drug-likeness (QED) is 0.627. The lowest BCUT2D eigenvalue weighted by Crippen LogP contribution is -2.30. The summed E-state index contributed by atoms with van der Waals surface area (Å²) in [5.74, 6) is 5.23. The van der Waals surface area contributed by atoms with Crippen LogP contribution in [0.3, 0.4) is 0 Å². The van der Waals surface area contributed by atoms with Crippen molar-refractivity contribution >= 4 is 0 Å². The first-order valence-electron chi connectivity index (χ1n) is 5.67. The SMILES string of the molecule is Cc1ccc(C(Cc2cn(C)nn2)NN)c(F)c1. The zero-order chi connectivity index (χ0) is 13.1. The highest BCUT2D eigenvalue weighted by Crippen LogP contribution is 2.20. The van der Waals surface area contributed by atoms with Crippen LogP contribution in [-0.4, -0.2) is 15.0 Å². The smallest absolute Gasteiger partial charge is 0.128 e. The zero-order valence-corrected chi connectivity index (χ0v) is 10.4. The van der Waals surface area contributed by atoms with Crippen molar-refractivity contribution in [2.24, 2.45) is 12.9 Å². The van der Waals surface area contributed by atoms with E-state index in [1.165, 1.54) is 6.07 Å². The fourth-order valence-electron chi connectivity index (χ4n) is 1.87. The number of halogens is 1. The monoisotopic (exact) mass is 249 g/mol. The molecule has 18 heavy (non-hydrogen) atoms. The number of rotatable bonds is 4. The zero-order valence-electron chi connectivity index (χ0n) is 10.4. The van der Waals surface area contributed by atoms with Crippen molar-refractivity contribution < 1.29 is 4.39 Å². The van der Waals surface area contributed by atoms with Gasteiger partial charge >= 0.3 is 0 Å². The molecule has 0 radical (unpaired) electrons. The maximum atomic E-state index is 13.9. The van der Waals surface area contributed by atoms with E-state index in [4.69, 9.17) is 5.84 Å². The van der Waals surface area contributed by atoms with Gasteiger partial charge in [-0.15, -0.1) is 5.10 Å². The number of hydrogen-bond acceptors (Lipinski definition) is 4. The highest BCUT2D eigenvalue weighted by molar-refractivity contribution is 5.27. The van der Waals surface area contributed by atoms with Gasteiger partial charge in [0.1, 0.15) is 5.82 Å². The maximum Gasteiger partial charge on any atom is 0.128 e. The van der Waals surface area contributed by atoms with Gasteiger partial charge in [-0.1, -0.05) is 17.3 Å². The highest BCUT2D eigenvalue weighted by Gasteiger charge is 2.16. The Morgan fingerprint density at radius 1 is 1.50 bits per heavy atom. The molecule has 0 aliphatic carbocycles. The first kappa shape index (κ1) is 12.7. The summed E-state index contributed by atoms with van der Waals surface area (Å²) in [4.78, 5) is 0. The Bertz CT molecular complexity index is 537. The van der Waals surface area contributed by atoms with Gasteiger partial charge in [-0.3, -0.25) is 16.0 Å². The molecule has 0 aliphatic heterocycles. The summed E-state index contributed by atoms with van der Waals surface area (Å²) in [5.41, 5.74) is 4.80. The van der Waals surface area contributed by atoms with Crippen LogP contribution >= 0.6 is 0 Å². The summed E-state index contributed by atoms with van der Waals surface area (Å²) >= 11 is 0. The number of nitrogens with zero attached hydrogens (tertiary/aromatic N) is 3. The minimum absolute atomic E-state index is 0.262. The second-order valence-electron chi connectivity index (χ2n) is 4.33. The summed E-state index contributed by atoms with van der Waals surface area (Å²) in [6, 6.07) is 4.78. The number of aromatic nitrogens is 3. The molecular formula is C12H16FN5. The van der Waals surface area contributed by atoms with Crippen LogP contribution in [0.15, 0.2) is 24.4 Å². The van der Waals surface area contributed by atoms with E-state index in [2.05, 4.69) is 15.7 Å². The van der Waals surface area contributed by atoms with Gasteiger partial charge in [0.25, 0.3) is 0 Å². The molecule has 0 spiro atoms. The van der Waals surface area contributed by atoms with Crippen molar-refractivity contribution in [3.8, 4) is 0 Å². The number of hydrazine groups is 1. The van der Waals surface area contributed by atoms with Gasteiger partial charge < -0.3 is 0 Å². The summed E-state index contributed by atoms with van der Waals surface area (Å²) in [7, 11) is 1.79. The van der Waals surface area contributed by atoms with E-state index in [-0.39, 0.29) is 11.9 Å². The molecule has 3 N–H and O–H groups in total. The lowest BCUT2D eigenvalue weighted by Gasteiger charge is -2.16. The third-order valence-electron chi connectivity index (χ3n) is 2.80. The second-order valence-corrected chi connectivity index (χ2v) is 4.33. The molecule has 1 heterocycles. The van der Waals surface area contributed by atoms with Crippen molar-refractivity contribution in [3.63, 3.8) is 0 Å². The molecular weight excluding hydrogens is 233 g/mol.